The van der Waals surface area contributed by atoms with Gasteiger partial charge in [-0.15, -0.1) is 10.2 Å². The van der Waals surface area contributed by atoms with Gasteiger partial charge in [0.2, 0.25) is 0 Å². The van der Waals surface area contributed by atoms with Crippen LogP contribution in [0.3, 0.4) is 0 Å². The Morgan fingerprint density at radius 1 is 1.13 bits per heavy atom. The molecular formula is C18H24ClN3O. The van der Waals surface area contributed by atoms with Crippen molar-refractivity contribution in [2.45, 2.75) is 57.9 Å². The molecule has 124 valence electrons. The largest absolute Gasteiger partial charge is 0.347 e. The van der Waals surface area contributed by atoms with E-state index < -0.39 is 0 Å². The van der Waals surface area contributed by atoms with E-state index in [-0.39, 0.29) is 11.8 Å². The molecule has 4 aliphatic rings. The lowest BCUT2D eigenvalue weighted by atomic mass is 9.54. The summed E-state index contributed by atoms with van der Waals surface area (Å²) in [4.78, 5) is 12.7. The van der Waals surface area contributed by atoms with Crippen LogP contribution < -0.4 is 5.32 Å². The van der Waals surface area contributed by atoms with Gasteiger partial charge in [-0.2, -0.15) is 0 Å². The normalized spacial score (nSPS) is 34.9. The number of carbonyl (C=O) groups is 1. The number of carbonyl (C=O) groups excluding carboxylic acids is 1. The SMILES string of the molecule is CC(C)c1cc(C(=O)NC2C3CC4CC(C3)CC2C4)nnc1Cl. The summed E-state index contributed by atoms with van der Waals surface area (Å²) in [6.07, 6.45) is 6.60. The third-order valence-corrected chi connectivity index (χ3v) is 6.45. The quantitative estimate of drug-likeness (QED) is 0.915. The van der Waals surface area contributed by atoms with Crippen LogP contribution in [-0.4, -0.2) is 22.1 Å². The van der Waals surface area contributed by atoms with E-state index in [0.29, 0.717) is 28.7 Å². The molecule has 4 nitrogen and oxygen atoms in total. The van der Waals surface area contributed by atoms with Gasteiger partial charge in [-0.3, -0.25) is 4.79 Å². The van der Waals surface area contributed by atoms with E-state index in [1.54, 1.807) is 6.07 Å². The maximum absolute atomic E-state index is 12.7. The van der Waals surface area contributed by atoms with Gasteiger partial charge in [0.1, 0.15) is 0 Å². The van der Waals surface area contributed by atoms with Crippen LogP contribution in [0.1, 0.15) is 67.9 Å². The lowest BCUT2D eigenvalue weighted by Gasteiger charge is -2.54. The van der Waals surface area contributed by atoms with Crippen molar-refractivity contribution >= 4 is 17.5 Å². The standard InChI is InChI=1S/C18H24ClN3O/c1-9(2)14-8-15(21-22-17(14)19)18(23)20-16-12-4-10-3-11(6-12)7-13(16)5-10/h8-13,16H,3-7H2,1-2H3,(H,20,23). The third-order valence-electron chi connectivity index (χ3n) is 6.16. The predicted molar refractivity (Wildman–Crippen MR) is 89.4 cm³/mol. The van der Waals surface area contributed by atoms with Gasteiger partial charge >= 0.3 is 0 Å². The molecule has 1 aromatic rings. The zero-order valence-corrected chi connectivity index (χ0v) is 14.5. The summed E-state index contributed by atoms with van der Waals surface area (Å²) in [5.74, 6) is 3.29. The second-order valence-corrected chi connectivity index (χ2v) is 8.42. The average molecular weight is 334 g/mol. The summed E-state index contributed by atoms with van der Waals surface area (Å²) < 4.78 is 0. The topological polar surface area (TPSA) is 54.9 Å². The first-order valence-electron chi connectivity index (χ1n) is 8.85. The molecule has 0 unspecified atom stereocenters. The van der Waals surface area contributed by atoms with E-state index in [1.807, 2.05) is 13.8 Å². The molecule has 0 aromatic carbocycles. The highest BCUT2D eigenvalue weighted by Gasteiger charge is 2.48. The fourth-order valence-electron chi connectivity index (χ4n) is 5.29. The Kier molecular flexibility index (Phi) is 3.83. The fourth-order valence-corrected chi connectivity index (χ4v) is 5.60. The molecule has 0 aliphatic heterocycles. The first-order chi connectivity index (χ1) is 11.0. The smallest absolute Gasteiger partial charge is 0.272 e. The molecule has 5 rings (SSSR count). The lowest BCUT2D eigenvalue weighted by Crippen LogP contribution is -2.55. The Balaban J connectivity index is 1.51. The number of aromatic nitrogens is 2. The summed E-state index contributed by atoms with van der Waals surface area (Å²) in [6.45, 7) is 4.09. The van der Waals surface area contributed by atoms with Crippen molar-refractivity contribution in [3.63, 3.8) is 0 Å². The van der Waals surface area contributed by atoms with Gasteiger partial charge in [0.25, 0.3) is 5.91 Å². The monoisotopic (exact) mass is 333 g/mol. The Hall–Kier alpha value is -1.16. The zero-order valence-electron chi connectivity index (χ0n) is 13.8. The third kappa shape index (κ3) is 2.75. The van der Waals surface area contributed by atoms with Crippen LogP contribution in [-0.2, 0) is 0 Å². The molecule has 0 saturated heterocycles. The van der Waals surface area contributed by atoms with Crippen molar-refractivity contribution in [1.82, 2.24) is 15.5 Å². The maximum Gasteiger partial charge on any atom is 0.272 e. The van der Waals surface area contributed by atoms with Crippen molar-refractivity contribution in [3.05, 3.63) is 22.5 Å². The van der Waals surface area contributed by atoms with Crippen LogP contribution in [0, 0.1) is 23.7 Å². The van der Waals surface area contributed by atoms with E-state index in [0.717, 1.165) is 17.4 Å². The van der Waals surface area contributed by atoms with Gasteiger partial charge < -0.3 is 5.32 Å². The minimum Gasteiger partial charge on any atom is -0.347 e. The minimum atomic E-state index is -0.0893. The van der Waals surface area contributed by atoms with Crippen LogP contribution >= 0.6 is 11.6 Å². The number of hydrogen-bond donors (Lipinski definition) is 1. The predicted octanol–water partition coefficient (Wildman–Crippen LogP) is 3.81. The van der Waals surface area contributed by atoms with E-state index >= 15 is 0 Å². The van der Waals surface area contributed by atoms with Crippen molar-refractivity contribution in [2.75, 3.05) is 0 Å². The van der Waals surface area contributed by atoms with Crippen LogP contribution in [0.4, 0.5) is 0 Å². The molecule has 1 N–H and O–H groups in total. The molecule has 1 amide bonds. The molecule has 4 bridgehead atoms. The first-order valence-corrected chi connectivity index (χ1v) is 9.23. The molecule has 4 aliphatic carbocycles. The zero-order chi connectivity index (χ0) is 16.1. The van der Waals surface area contributed by atoms with Crippen molar-refractivity contribution < 1.29 is 4.79 Å². The fraction of sp³-hybridized carbons (Fsp3) is 0.722. The number of nitrogens with zero attached hydrogens (tertiary/aromatic N) is 2. The van der Waals surface area contributed by atoms with Crippen LogP contribution in [0.2, 0.25) is 5.15 Å². The summed E-state index contributed by atoms with van der Waals surface area (Å²) in [6, 6.07) is 2.13. The molecule has 4 fully saturated rings. The Morgan fingerprint density at radius 2 is 1.74 bits per heavy atom. The molecule has 0 atom stereocenters. The van der Waals surface area contributed by atoms with E-state index in [4.69, 9.17) is 11.6 Å². The van der Waals surface area contributed by atoms with Crippen LogP contribution in [0.5, 0.6) is 0 Å². The molecule has 0 radical (unpaired) electrons. The molecule has 4 saturated carbocycles. The minimum absolute atomic E-state index is 0.0893. The second kappa shape index (κ2) is 5.73. The van der Waals surface area contributed by atoms with Gasteiger partial charge in [-0.25, -0.2) is 0 Å². The molecule has 23 heavy (non-hydrogen) atoms. The highest BCUT2D eigenvalue weighted by atomic mass is 35.5. The van der Waals surface area contributed by atoms with E-state index in [9.17, 15) is 4.79 Å². The maximum atomic E-state index is 12.7. The van der Waals surface area contributed by atoms with Crippen molar-refractivity contribution in [3.8, 4) is 0 Å². The Bertz CT molecular complexity index is 603. The highest BCUT2D eigenvalue weighted by molar-refractivity contribution is 6.30. The van der Waals surface area contributed by atoms with E-state index in [1.165, 1.54) is 32.1 Å². The molecular weight excluding hydrogens is 310 g/mol. The Morgan fingerprint density at radius 3 is 2.30 bits per heavy atom. The number of amides is 1. The summed E-state index contributed by atoms with van der Waals surface area (Å²) in [5, 5.41) is 11.6. The van der Waals surface area contributed by atoms with Gasteiger partial charge in [-0.1, -0.05) is 25.4 Å². The molecule has 1 heterocycles. The van der Waals surface area contributed by atoms with Crippen LogP contribution in [0.15, 0.2) is 6.07 Å². The van der Waals surface area contributed by atoms with Gasteiger partial charge in [0.05, 0.1) is 0 Å². The van der Waals surface area contributed by atoms with Gasteiger partial charge in [0, 0.05) is 6.04 Å². The molecule has 1 aromatic heterocycles. The van der Waals surface area contributed by atoms with Crippen molar-refractivity contribution in [2.24, 2.45) is 23.7 Å². The summed E-state index contributed by atoms with van der Waals surface area (Å²) in [7, 11) is 0. The number of hydrogen-bond acceptors (Lipinski definition) is 3. The number of halogens is 1. The van der Waals surface area contributed by atoms with Gasteiger partial charge in [0.15, 0.2) is 10.8 Å². The average Bonchev–Trinajstić information content (AvgIpc) is 2.50. The number of rotatable bonds is 3. The second-order valence-electron chi connectivity index (χ2n) is 8.06. The first kappa shape index (κ1) is 15.4. The summed E-state index contributed by atoms with van der Waals surface area (Å²) in [5.41, 5.74) is 1.28. The van der Waals surface area contributed by atoms with Gasteiger partial charge in [-0.05, 0) is 73.3 Å². The Labute approximate surface area is 142 Å². The number of nitrogens with one attached hydrogen (secondary N) is 1. The summed E-state index contributed by atoms with van der Waals surface area (Å²) >= 11 is 6.08. The molecule has 0 spiro atoms. The highest BCUT2D eigenvalue weighted by Crippen LogP contribution is 2.53. The van der Waals surface area contributed by atoms with E-state index in [2.05, 4.69) is 15.5 Å². The lowest BCUT2D eigenvalue weighted by molar-refractivity contribution is -0.0120. The van der Waals surface area contributed by atoms with Crippen molar-refractivity contribution in [1.29, 1.82) is 0 Å². The van der Waals surface area contributed by atoms with Crippen LogP contribution in [0.25, 0.3) is 0 Å². The molecule has 5 heteroatoms.